The normalized spacial score (nSPS) is 10.6. The highest BCUT2D eigenvalue weighted by molar-refractivity contribution is 5.43. The molecule has 20 heavy (non-hydrogen) atoms. The molecule has 0 amide bonds. The summed E-state index contributed by atoms with van der Waals surface area (Å²) in [6, 6.07) is 12.2. The predicted molar refractivity (Wildman–Crippen MR) is 83.1 cm³/mol. The van der Waals surface area contributed by atoms with Crippen molar-refractivity contribution in [2.75, 3.05) is 11.9 Å². The van der Waals surface area contributed by atoms with Crippen LogP contribution in [0.2, 0.25) is 0 Å². The van der Waals surface area contributed by atoms with Gasteiger partial charge in [0.25, 0.3) is 0 Å². The van der Waals surface area contributed by atoms with Crippen molar-refractivity contribution in [2.24, 2.45) is 5.92 Å². The van der Waals surface area contributed by atoms with Crippen LogP contribution in [0.5, 0.6) is 5.75 Å². The Bertz CT molecular complexity index is 535. The minimum absolute atomic E-state index is 0.545. The first-order valence-corrected chi connectivity index (χ1v) is 7.02. The highest BCUT2D eigenvalue weighted by atomic mass is 16.5. The fraction of sp³-hybridized carbons (Fsp3) is 0.353. The third kappa shape index (κ3) is 4.26. The average molecular weight is 270 g/mol. The lowest BCUT2D eigenvalue weighted by atomic mass is 10.2. The maximum absolute atomic E-state index is 5.67. The second-order valence-electron chi connectivity index (χ2n) is 5.37. The molecule has 0 saturated carbocycles. The van der Waals surface area contributed by atoms with Crippen molar-refractivity contribution in [3.05, 3.63) is 53.7 Å². The molecular weight excluding hydrogens is 248 g/mol. The van der Waals surface area contributed by atoms with Crippen LogP contribution in [-0.4, -0.2) is 11.6 Å². The van der Waals surface area contributed by atoms with E-state index in [9.17, 15) is 0 Å². The Kier molecular flexibility index (Phi) is 4.99. The molecule has 3 nitrogen and oxygen atoms in total. The highest BCUT2D eigenvalue weighted by Crippen LogP contribution is 2.15. The second-order valence-corrected chi connectivity index (χ2v) is 5.37. The third-order valence-electron chi connectivity index (χ3n) is 2.98. The van der Waals surface area contributed by atoms with E-state index in [0.717, 1.165) is 30.3 Å². The molecule has 0 aliphatic carbocycles. The van der Waals surface area contributed by atoms with Crippen LogP contribution < -0.4 is 10.1 Å². The van der Waals surface area contributed by atoms with Crippen LogP contribution in [0, 0.1) is 12.8 Å². The Morgan fingerprint density at radius 2 is 1.90 bits per heavy atom. The largest absolute Gasteiger partial charge is 0.493 e. The Balaban J connectivity index is 1.89. The summed E-state index contributed by atoms with van der Waals surface area (Å²) >= 11 is 0. The lowest BCUT2D eigenvalue weighted by Crippen LogP contribution is -2.05. The zero-order valence-electron chi connectivity index (χ0n) is 12.4. The van der Waals surface area contributed by atoms with Crippen molar-refractivity contribution in [1.29, 1.82) is 0 Å². The Labute approximate surface area is 121 Å². The number of aryl methyl sites for hydroxylation is 1. The highest BCUT2D eigenvalue weighted by Gasteiger charge is 2.00. The Morgan fingerprint density at radius 3 is 2.55 bits per heavy atom. The van der Waals surface area contributed by atoms with Gasteiger partial charge in [0.1, 0.15) is 11.6 Å². The van der Waals surface area contributed by atoms with Gasteiger partial charge in [-0.05, 0) is 42.2 Å². The monoisotopic (exact) mass is 270 g/mol. The van der Waals surface area contributed by atoms with Gasteiger partial charge in [0, 0.05) is 12.7 Å². The summed E-state index contributed by atoms with van der Waals surface area (Å²) in [5.74, 6) is 2.41. The van der Waals surface area contributed by atoms with E-state index in [1.54, 1.807) is 6.20 Å². The Morgan fingerprint density at radius 1 is 1.15 bits per heavy atom. The van der Waals surface area contributed by atoms with Crippen LogP contribution >= 0.6 is 0 Å². The molecule has 1 aromatic heterocycles. The van der Waals surface area contributed by atoms with Gasteiger partial charge in [-0.2, -0.15) is 0 Å². The number of nitrogens with one attached hydrogen (secondary N) is 1. The zero-order valence-corrected chi connectivity index (χ0v) is 12.4. The summed E-state index contributed by atoms with van der Waals surface area (Å²) in [5, 5.41) is 3.35. The van der Waals surface area contributed by atoms with Gasteiger partial charge >= 0.3 is 0 Å². The molecule has 2 rings (SSSR count). The number of pyridine rings is 1. The minimum atomic E-state index is 0.545. The van der Waals surface area contributed by atoms with Gasteiger partial charge in [-0.25, -0.2) is 4.98 Å². The van der Waals surface area contributed by atoms with Crippen molar-refractivity contribution in [2.45, 2.75) is 27.3 Å². The van der Waals surface area contributed by atoms with Crippen LogP contribution in [0.25, 0.3) is 0 Å². The number of benzene rings is 1. The lowest BCUT2D eigenvalue weighted by molar-refractivity contribution is 0.271. The number of hydrogen-bond donors (Lipinski definition) is 1. The maximum Gasteiger partial charge on any atom is 0.129 e. The fourth-order valence-corrected chi connectivity index (χ4v) is 1.82. The number of nitrogens with zero attached hydrogens (tertiary/aromatic N) is 1. The summed E-state index contributed by atoms with van der Waals surface area (Å²) in [4.78, 5) is 4.32. The molecule has 0 bridgehead atoms. The minimum Gasteiger partial charge on any atom is -0.493 e. The van der Waals surface area contributed by atoms with E-state index < -0.39 is 0 Å². The summed E-state index contributed by atoms with van der Waals surface area (Å²) in [6.45, 7) is 7.87. The van der Waals surface area contributed by atoms with E-state index in [1.807, 2.05) is 18.2 Å². The van der Waals surface area contributed by atoms with Crippen molar-refractivity contribution in [1.82, 2.24) is 4.98 Å². The second kappa shape index (κ2) is 6.94. The van der Waals surface area contributed by atoms with Crippen LogP contribution in [0.15, 0.2) is 42.6 Å². The van der Waals surface area contributed by atoms with Crippen molar-refractivity contribution >= 4 is 5.82 Å². The van der Waals surface area contributed by atoms with E-state index in [2.05, 4.69) is 49.3 Å². The van der Waals surface area contributed by atoms with E-state index in [-0.39, 0.29) is 0 Å². The summed E-state index contributed by atoms with van der Waals surface area (Å²) in [6.07, 6.45) is 1.80. The van der Waals surface area contributed by atoms with Crippen molar-refractivity contribution in [3.8, 4) is 5.75 Å². The van der Waals surface area contributed by atoms with Crippen molar-refractivity contribution < 1.29 is 4.74 Å². The molecule has 0 aliphatic heterocycles. The van der Waals surface area contributed by atoms with Gasteiger partial charge < -0.3 is 10.1 Å². The van der Waals surface area contributed by atoms with E-state index in [4.69, 9.17) is 4.74 Å². The molecule has 2 aromatic rings. The maximum atomic E-state index is 5.67. The van der Waals surface area contributed by atoms with E-state index in [0.29, 0.717) is 5.92 Å². The summed E-state index contributed by atoms with van der Waals surface area (Å²) in [7, 11) is 0. The zero-order chi connectivity index (χ0) is 14.4. The Hall–Kier alpha value is -2.03. The molecule has 0 atom stereocenters. The van der Waals surface area contributed by atoms with Crippen LogP contribution in [0.1, 0.15) is 25.0 Å². The molecular formula is C17H22N2O. The lowest BCUT2D eigenvalue weighted by Gasteiger charge is -2.10. The molecule has 0 radical (unpaired) electrons. The third-order valence-corrected chi connectivity index (χ3v) is 2.98. The number of aromatic nitrogens is 1. The van der Waals surface area contributed by atoms with Crippen LogP contribution in [0.3, 0.4) is 0 Å². The first kappa shape index (κ1) is 14.4. The van der Waals surface area contributed by atoms with Gasteiger partial charge in [0.2, 0.25) is 0 Å². The predicted octanol–water partition coefficient (Wildman–Crippen LogP) is 4.04. The molecule has 1 heterocycles. The van der Waals surface area contributed by atoms with Crippen molar-refractivity contribution in [3.63, 3.8) is 0 Å². The smallest absolute Gasteiger partial charge is 0.129 e. The topological polar surface area (TPSA) is 34.2 Å². The number of anilines is 1. The van der Waals surface area contributed by atoms with Gasteiger partial charge in [-0.3, -0.25) is 0 Å². The molecule has 0 spiro atoms. The van der Waals surface area contributed by atoms with Gasteiger partial charge in [-0.1, -0.05) is 32.0 Å². The van der Waals surface area contributed by atoms with E-state index in [1.165, 1.54) is 5.56 Å². The quantitative estimate of drug-likeness (QED) is 0.860. The molecule has 1 aromatic carbocycles. The van der Waals surface area contributed by atoms with E-state index >= 15 is 0 Å². The van der Waals surface area contributed by atoms with Crippen LogP contribution in [0.4, 0.5) is 5.82 Å². The molecule has 0 aliphatic rings. The standard InChI is InChI=1S/C17H22N2O/c1-13(2)12-20-16-8-6-15(7-9-16)11-19-17-14(3)5-4-10-18-17/h4-10,13H,11-12H2,1-3H3,(H,18,19). The SMILES string of the molecule is Cc1cccnc1NCc1ccc(OCC(C)C)cc1. The van der Waals surface area contributed by atoms with Crippen LogP contribution in [-0.2, 0) is 6.54 Å². The molecule has 1 N–H and O–H groups in total. The molecule has 0 saturated heterocycles. The first-order chi connectivity index (χ1) is 9.65. The van der Waals surface area contributed by atoms with Gasteiger partial charge in [0.15, 0.2) is 0 Å². The number of rotatable bonds is 6. The average Bonchev–Trinajstić information content (AvgIpc) is 2.45. The first-order valence-electron chi connectivity index (χ1n) is 7.02. The molecule has 106 valence electrons. The summed E-state index contributed by atoms with van der Waals surface area (Å²) < 4.78 is 5.67. The number of ether oxygens (including phenoxy) is 1. The summed E-state index contributed by atoms with van der Waals surface area (Å²) in [5.41, 5.74) is 2.37. The molecule has 0 unspecified atom stereocenters. The molecule has 3 heteroatoms. The fourth-order valence-electron chi connectivity index (χ4n) is 1.82. The van der Waals surface area contributed by atoms with Gasteiger partial charge in [0.05, 0.1) is 6.61 Å². The number of hydrogen-bond acceptors (Lipinski definition) is 3. The molecule has 0 fully saturated rings. The van der Waals surface area contributed by atoms with Gasteiger partial charge in [-0.15, -0.1) is 0 Å².